The minimum absolute atomic E-state index is 0.242. The molecule has 0 saturated carbocycles. The van der Waals surface area contributed by atoms with Crippen LogP contribution >= 0.6 is 11.6 Å². The Morgan fingerprint density at radius 3 is 2.25 bits per heavy atom. The highest BCUT2D eigenvalue weighted by molar-refractivity contribution is 6.30. The van der Waals surface area contributed by atoms with Crippen molar-refractivity contribution in [3.05, 3.63) is 70.5 Å². The lowest BCUT2D eigenvalue weighted by atomic mass is 10.1. The summed E-state index contributed by atoms with van der Waals surface area (Å²) in [4.78, 5) is 23.5. The first-order chi connectivity index (χ1) is 11.5. The van der Waals surface area contributed by atoms with E-state index in [0.29, 0.717) is 10.7 Å². The Balaban J connectivity index is 1.84. The Bertz CT molecular complexity index is 758. The first-order valence-electron chi connectivity index (χ1n) is 7.08. The summed E-state index contributed by atoms with van der Waals surface area (Å²) in [7, 11) is 0. The van der Waals surface area contributed by atoms with E-state index in [1.165, 1.54) is 24.3 Å². The molecular formula is C17H15ClFN3O2. The number of carbonyl (C=O) groups excluding carboxylic acids is 2. The molecule has 7 heteroatoms. The number of hydrogen-bond acceptors (Lipinski definition) is 3. The molecule has 0 unspecified atom stereocenters. The van der Waals surface area contributed by atoms with E-state index in [4.69, 9.17) is 11.6 Å². The standard InChI is InChI=1S/C17H15ClFN3O2/c1-11(12-2-6-14(18)7-3-12)21-22-16(23)10-20-17(24)13-4-8-15(19)9-5-13/h2-9H,10H2,1H3,(H,20,24)(H,22,23). The molecule has 0 spiro atoms. The summed E-state index contributed by atoms with van der Waals surface area (Å²) in [6.07, 6.45) is 0. The van der Waals surface area contributed by atoms with Crippen LogP contribution in [-0.4, -0.2) is 24.1 Å². The Hall–Kier alpha value is -2.73. The monoisotopic (exact) mass is 347 g/mol. The lowest BCUT2D eigenvalue weighted by Gasteiger charge is -2.05. The Labute approximate surface area is 143 Å². The minimum atomic E-state index is -0.473. The molecule has 2 aromatic carbocycles. The molecule has 24 heavy (non-hydrogen) atoms. The van der Waals surface area contributed by atoms with E-state index in [1.807, 2.05) is 0 Å². The van der Waals surface area contributed by atoms with Crippen LogP contribution in [0.1, 0.15) is 22.8 Å². The highest BCUT2D eigenvalue weighted by Gasteiger charge is 2.08. The molecule has 0 aliphatic rings. The molecule has 0 saturated heterocycles. The molecule has 2 rings (SSSR count). The zero-order chi connectivity index (χ0) is 17.5. The molecule has 2 aromatic rings. The second-order valence-electron chi connectivity index (χ2n) is 4.93. The van der Waals surface area contributed by atoms with Gasteiger partial charge in [0.25, 0.3) is 11.8 Å². The number of rotatable bonds is 5. The second-order valence-corrected chi connectivity index (χ2v) is 5.37. The van der Waals surface area contributed by atoms with Gasteiger partial charge >= 0.3 is 0 Å². The van der Waals surface area contributed by atoms with Crippen molar-refractivity contribution in [2.45, 2.75) is 6.92 Å². The van der Waals surface area contributed by atoms with Crippen LogP contribution in [0.5, 0.6) is 0 Å². The second kappa shape index (κ2) is 8.21. The number of nitrogens with zero attached hydrogens (tertiary/aromatic N) is 1. The summed E-state index contributed by atoms with van der Waals surface area (Å²) in [5.74, 6) is -1.38. The topological polar surface area (TPSA) is 70.6 Å². The van der Waals surface area contributed by atoms with Gasteiger partial charge < -0.3 is 5.32 Å². The van der Waals surface area contributed by atoms with E-state index >= 15 is 0 Å². The number of carbonyl (C=O) groups is 2. The SMILES string of the molecule is CC(=NNC(=O)CNC(=O)c1ccc(F)cc1)c1ccc(Cl)cc1. The molecule has 0 aliphatic carbocycles. The van der Waals surface area contributed by atoms with E-state index in [2.05, 4.69) is 15.8 Å². The van der Waals surface area contributed by atoms with Gasteiger partial charge in [-0.1, -0.05) is 23.7 Å². The average Bonchev–Trinajstić information content (AvgIpc) is 2.58. The number of hydrazone groups is 1. The van der Waals surface area contributed by atoms with Crippen LogP contribution < -0.4 is 10.7 Å². The van der Waals surface area contributed by atoms with Crippen LogP contribution in [0.25, 0.3) is 0 Å². The lowest BCUT2D eigenvalue weighted by molar-refractivity contribution is -0.120. The molecule has 124 valence electrons. The molecular weight excluding hydrogens is 333 g/mol. The fourth-order valence-electron chi connectivity index (χ4n) is 1.81. The summed E-state index contributed by atoms with van der Waals surface area (Å²) in [5, 5.41) is 7.00. The number of halogens is 2. The van der Waals surface area contributed by atoms with Crippen molar-refractivity contribution in [3.63, 3.8) is 0 Å². The summed E-state index contributed by atoms with van der Waals surface area (Å²) < 4.78 is 12.8. The van der Waals surface area contributed by atoms with Crippen molar-refractivity contribution in [2.75, 3.05) is 6.54 Å². The maximum absolute atomic E-state index is 12.8. The molecule has 0 atom stereocenters. The van der Waals surface area contributed by atoms with Crippen molar-refractivity contribution in [1.82, 2.24) is 10.7 Å². The summed E-state index contributed by atoms with van der Waals surface area (Å²) >= 11 is 5.80. The first-order valence-corrected chi connectivity index (χ1v) is 7.46. The molecule has 0 radical (unpaired) electrons. The third-order valence-corrected chi connectivity index (χ3v) is 3.38. The van der Waals surface area contributed by atoms with Crippen molar-refractivity contribution < 1.29 is 14.0 Å². The third-order valence-electron chi connectivity index (χ3n) is 3.13. The van der Waals surface area contributed by atoms with Gasteiger partial charge in [0.2, 0.25) is 0 Å². The largest absolute Gasteiger partial charge is 0.343 e. The summed E-state index contributed by atoms with van der Waals surface area (Å²) in [5.41, 5.74) is 4.04. The quantitative estimate of drug-likeness (QED) is 0.645. The van der Waals surface area contributed by atoms with Gasteiger partial charge in [0.1, 0.15) is 5.82 Å². The zero-order valence-corrected chi connectivity index (χ0v) is 13.6. The number of hydrogen-bond donors (Lipinski definition) is 2. The minimum Gasteiger partial charge on any atom is -0.343 e. The molecule has 0 bridgehead atoms. The van der Waals surface area contributed by atoms with E-state index in [9.17, 15) is 14.0 Å². The van der Waals surface area contributed by atoms with Crippen LogP contribution in [0.15, 0.2) is 53.6 Å². The molecule has 0 fully saturated rings. The van der Waals surface area contributed by atoms with Crippen molar-refractivity contribution in [2.24, 2.45) is 5.10 Å². The number of nitrogens with one attached hydrogen (secondary N) is 2. The van der Waals surface area contributed by atoms with Gasteiger partial charge in [-0.2, -0.15) is 5.10 Å². The smallest absolute Gasteiger partial charge is 0.259 e. The summed E-state index contributed by atoms with van der Waals surface area (Å²) in [6, 6.07) is 12.0. The maximum Gasteiger partial charge on any atom is 0.259 e. The molecule has 2 N–H and O–H groups in total. The van der Waals surface area contributed by atoms with Crippen LogP contribution in [-0.2, 0) is 4.79 Å². The highest BCUT2D eigenvalue weighted by atomic mass is 35.5. The van der Waals surface area contributed by atoms with Crippen molar-refractivity contribution in [1.29, 1.82) is 0 Å². The van der Waals surface area contributed by atoms with Gasteiger partial charge in [-0.15, -0.1) is 0 Å². The van der Waals surface area contributed by atoms with Crippen LogP contribution in [0, 0.1) is 5.82 Å². The van der Waals surface area contributed by atoms with Crippen molar-refractivity contribution in [3.8, 4) is 0 Å². The van der Waals surface area contributed by atoms with Gasteiger partial charge in [-0.3, -0.25) is 9.59 Å². The van der Waals surface area contributed by atoms with Crippen molar-refractivity contribution >= 4 is 29.1 Å². The average molecular weight is 348 g/mol. The Kier molecular flexibility index (Phi) is 6.03. The Morgan fingerprint density at radius 1 is 1.04 bits per heavy atom. The molecule has 0 aromatic heterocycles. The fourth-order valence-corrected chi connectivity index (χ4v) is 1.93. The predicted molar refractivity (Wildman–Crippen MR) is 90.5 cm³/mol. The maximum atomic E-state index is 12.8. The summed E-state index contributed by atoms with van der Waals surface area (Å²) in [6.45, 7) is 1.49. The zero-order valence-electron chi connectivity index (χ0n) is 12.8. The molecule has 0 aliphatic heterocycles. The first kappa shape index (κ1) is 17.6. The molecule has 2 amide bonds. The fraction of sp³-hybridized carbons (Fsp3) is 0.118. The van der Waals surface area contributed by atoms with E-state index in [0.717, 1.165) is 5.56 Å². The third kappa shape index (κ3) is 5.17. The van der Waals surface area contributed by atoms with Crippen LogP contribution in [0.3, 0.4) is 0 Å². The van der Waals surface area contributed by atoms with Gasteiger partial charge in [0, 0.05) is 10.6 Å². The normalized spacial score (nSPS) is 11.0. The van der Waals surface area contributed by atoms with Gasteiger partial charge in [0.05, 0.1) is 12.3 Å². The number of benzene rings is 2. The predicted octanol–water partition coefficient (Wildman–Crippen LogP) is 2.75. The van der Waals surface area contributed by atoms with Gasteiger partial charge in [0.15, 0.2) is 0 Å². The van der Waals surface area contributed by atoms with Crippen LogP contribution in [0.2, 0.25) is 5.02 Å². The highest BCUT2D eigenvalue weighted by Crippen LogP contribution is 2.10. The molecule has 5 nitrogen and oxygen atoms in total. The molecule has 0 heterocycles. The van der Waals surface area contributed by atoms with Gasteiger partial charge in [-0.05, 0) is 48.9 Å². The van der Waals surface area contributed by atoms with E-state index in [-0.39, 0.29) is 12.1 Å². The Morgan fingerprint density at radius 2 is 1.62 bits per heavy atom. The lowest BCUT2D eigenvalue weighted by Crippen LogP contribution is -2.35. The van der Waals surface area contributed by atoms with E-state index in [1.54, 1.807) is 31.2 Å². The van der Waals surface area contributed by atoms with Gasteiger partial charge in [-0.25, -0.2) is 9.82 Å². The van der Waals surface area contributed by atoms with E-state index < -0.39 is 17.6 Å². The van der Waals surface area contributed by atoms with Crippen LogP contribution in [0.4, 0.5) is 4.39 Å². The number of amides is 2.